The Morgan fingerprint density at radius 2 is 2.03 bits per heavy atom. The second-order valence-corrected chi connectivity index (χ2v) is 8.23. The zero-order valence-electron chi connectivity index (χ0n) is 18.5. The van der Waals surface area contributed by atoms with Crippen molar-refractivity contribution in [2.45, 2.75) is 38.6 Å². The van der Waals surface area contributed by atoms with E-state index in [1.807, 2.05) is 44.0 Å². The third-order valence-corrected chi connectivity index (χ3v) is 5.82. The zero-order chi connectivity index (χ0) is 22.7. The minimum Gasteiger partial charge on any atom is -0.370 e. The topological polar surface area (TPSA) is 87.4 Å². The van der Waals surface area contributed by atoms with Gasteiger partial charge in [-0.2, -0.15) is 4.98 Å². The van der Waals surface area contributed by atoms with Crippen LogP contribution in [0.4, 0.5) is 20.6 Å². The maximum Gasteiger partial charge on any atom is 0.321 e. The molecule has 3 aromatic rings. The molecule has 168 valence electrons. The highest BCUT2D eigenvalue weighted by molar-refractivity contribution is 5.89. The van der Waals surface area contributed by atoms with Gasteiger partial charge in [-0.3, -0.25) is 4.98 Å². The van der Waals surface area contributed by atoms with E-state index in [9.17, 15) is 9.18 Å². The molecule has 1 aromatic carbocycles. The molecule has 2 aromatic heterocycles. The summed E-state index contributed by atoms with van der Waals surface area (Å²) in [5, 5.41) is 6.83. The molecule has 1 N–H and O–H groups in total. The van der Waals surface area contributed by atoms with Crippen LogP contribution in [0.2, 0.25) is 0 Å². The average molecular weight is 439 g/mol. The van der Waals surface area contributed by atoms with Gasteiger partial charge in [-0.15, -0.1) is 0 Å². The number of likely N-dealkylation sites (tertiary alicyclic amines) is 1. The summed E-state index contributed by atoms with van der Waals surface area (Å²) in [6, 6.07) is 10.2. The number of benzene rings is 1. The molecule has 3 heterocycles. The van der Waals surface area contributed by atoms with Gasteiger partial charge in [0.2, 0.25) is 11.7 Å². The highest BCUT2D eigenvalue weighted by Crippen LogP contribution is 2.29. The number of rotatable bonds is 5. The number of amides is 2. The summed E-state index contributed by atoms with van der Waals surface area (Å²) in [6.07, 6.45) is 3.11. The van der Waals surface area contributed by atoms with Crippen LogP contribution in [0.25, 0.3) is 11.5 Å². The lowest BCUT2D eigenvalue weighted by atomic mass is 9.97. The number of nitrogens with one attached hydrogen (secondary N) is 1. The van der Waals surface area contributed by atoms with Crippen LogP contribution in [0.15, 0.2) is 47.1 Å². The molecule has 0 atom stereocenters. The number of halogens is 1. The molecule has 8 nitrogen and oxygen atoms in total. The van der Waals surface area contributed by atoms with E-state index in [0.717, 1.165) is 0 Å². The SMILES string of the molecule is CC(C)N(C)c1ccc(NC(=O)N2CCC(c3nc(-c4ccccn4)no3)CC2)cc1F. The van der Waals surface area contributed by atoms with Crippen molar-refractivity contribution in [1.29, 1.82) is 0 Å². The van der Waals surface area contributed by atoms with Gasteiger partial charge in [-0.25, -0.2) is 9.18 Å². The van der Waals surface area contributed by atoms with E-state index < -0.39 is 0 Å². The summed E-state index contributed by atoms with van der Waals surface area (Å²) < 4.78 is 19.9. The number of urea groups is 1. The standard InChI is InChI=1S/C23H27FN6O2/c1-15(2)29(3)20-8-7-17(14-18(20)24)26-23(31)30-12-9-16(10-13-30)22-27-21(28-32-22)19-6-4-5-11-25-19/h4-8,11,14-16H,9-10,12-13H2,1-3H3,(H,26,31). The molecule has 0 bridgehead atoms. The van der Waals surface area contributed by atoms with Crippen molar-refractivity contribution >= 4 is 17.4 Å². The molecule has 0 spiro atoms. The lowest BCUT2D eigenvalue weighted by Gasteiger charge is -2.30. The third-order valence-electron chi connectivity index (χ3n) is 5.82. The molecular weight excluding hydrogens is 411 g/mol. The Labute approximate surface area is 186 Å². The van der Waals surface area contributed by atoms with Crippen molar-refractivity contribution in [3.8, 4) is 11.5 Å². The normalized spacial score (nSPS) is 14.6. The molecule has 32 heavy (non-hydrogen) atoms. The van der Waals surface area contributed by atoms with Crippen molar-refractivity contribution in [2.24, 2.45) is 0 Å². The molecule has 0 unspecified atom stereocenters. The van der Waals surface area contributed by atoms with Crippen LogP contribution < -0.4 is 10.2 Å². The first kappa shape index (κ1) is 21.7. The number of aromatic nitrogens is 3. The van der Waals surface area contributed by atoms with Gasteiger partial charge in [0.1, 0.15) is 11.5 Å². The Hall–Kier alpha value is -3.49. The van der Waals surface area contributed by atoms with Crippen LogP contribution in [0.3, 0.4) is 0 Å². The molecule has 0 radical (unpaired) electrons. The second-order valence-electron chi connectivity index (χ2n) is 8.23. The van der Waals surface area contributed by atoms with E-state index in [2.05, 4.69) is 20.4 Å². The highest BCUT2D eigenvalue weighted by Gasteiger charge is 2.28. The average Bonchev–Trinajstić information content (AvgIpc) is 3.30. The Morgan fingerprint density at radius 1 is 1.25 bits per heavy atom. The van der Waals surface area contributed by atoms with Gasteiger partial charge in [-0.05, 0) is 57.0 Å². The fraction of sp³-hybridized carbons (Fsp3) is 0.391. The number of piperidine rings is 1. The summed E-state index contributed by atoms with van der Waals surface area (Å²) in [7, 11) is 1.84. The summed E-state index contributed by atoms with van der Waals surface area (Å²) >= 11 is 0. The lowest BCUT2D eigenvalue weighted by molar-refractivity contribution is 0.187. The van der Waals surface area contributed by atoms with Crippen molar-refractivity contribution in [3.05, 3.63) is 54.3 Å². The molecule has 0 aliphatic carbocycles. The highest BCUT2D eigenvalue weighted by atomic mass is 19.1. The van der Waals surface area contributed by atoms with Gasteiger partial charge in [0, 0.05) is 44.0 Å². The largest absolute Gasteiger partial charge is 0.370 e. The van der Waals surface area contributed by atoms with Crippen molar-refractivity contribution in [1.82, 2.24) is 20.0 Å². The first-order chi connectivity index (χ1) is 15.4. The van der Waals surface area contributed by atoms with Crippen LogP contribution in [0.5, 0.6) is 0 Å². The number of anilines is 2. The van der Waals surface area contributed by atoms with Crippen LogP contribution in [-0.4, -0.2) is 52.2 Å². The van der Waals surface area contributed by atoms with E-state index in [-0.39, 0.29) is 23.8 Å². The number of pyridine rings is 1. The van der Waals surface area contributed by atoms with Crippen molar-refractivity contribution < 1.29 is 13.7 Å². The molecule has 9 heteroatoms. The van der Waals surface area contributed by atoms with Crippen LogP contribution in [-0.2, 0) is 0 Å². The Kier molecular flexibility index (Phi) is 6.34. The van der Waals surface area contributed by atoms with Gasteiger partial charge < -0.3 is 19.6 Å². The van der Waals surface area contributed by atoms with Crippen LogP contribution in [0.1, 0.15) is 38.5 Å². The summed E-state index contributed by atoms with van der Waals surface area (Å²) in [5.74, 6) is 0.761. The van der Waals surface area contributed by atoms with Crippen LogP contribution >= 0.6 is 0 Å². The monoisotopic (exact) mass is 438 g/mol. The number of hydrogen-bond donors (Lipinski definition) is 1. The molecule has 2 amide bonds. The van der Waals surface area contributed by atoms with Gasteiger partial charge in [0.05, 0.1) is 5.69 Å². The molecular formula is C23H27FN6O2. The number of carbonyl (C=O) groups excluding carboxylic acids is 1. The maximum absolute atomic E-state index is 14.5. The predicted molar refractivity (Wildman–Crippen MR) is 120 cm³/mol. The number of carbonyl (C=O) groups is 1. The number of nitrogens with zero attached hydrogens (tertiary/aromatic N) is 5. The Morgan fingerprint density at radius 3 is 2.69 bits per heavy atom. The summed E-state index contributed by atoms with van der Waals surface area (Å²) in [6.45, 7) is 5.09. The Balaban J connectivity index is 1.33. The predicted octanol–water partition coefficient (Wildman–Crippen LogP) is 4.53. The summed E-state index contributed by atoms with van der Waals surface area (Å²) in [5.41, 5.74) is 1.60. The molecule has 0 saturated carbocycles. The van der Waals surface area contributed by atoms with Gasteiger partial charge in [-0.1, -0.05) is 11.2 Å². The quantitative estimate of drug-likeness (QED) is 0.630. The Bertz CT molecular complexity index is 1060. The smallest absolute Gasteiger partial charge is 0.321 e. The summed E-state index contributed by atoms with van der Waals surface area (Å²) in [4.78, 5) is 24.9. The van der Waals surface area contributed by atoms with E-state index in [1.165, 1.54) is 6.07 Å². The van der Waals surface area contributed by atoms with E-state index >= 15 is 0 Å². The van der Waals surface area contributed by atoms with E-state index in [4.69, 9.17) is 4.52 Å². The maximum atomic E-state index is 14.5. The first-order valence-corrected chi connectivity index (χ1v) is 10.8. The minimum atomic E-state index is -0.363. The molecule has 1 fully saturated rings. The van der Waals surface area contributed by atoms with Crippen molar-refractivity contribution in [2.75, 3.05) is 30.4 Å². The first-order valence-electron chi connectivity index (χ1n) is 10.8. The second kappa shape index (κ2) is 9.33. The molecule has 4 rings (SSSR count). The molecule has 1 saturated heterocycles. The van der Waals surface area contributed by atoms with Crippen molar-refractivity contribution in [3.63, 3.8) is 0 Å². The van der Waals surface area contributed by atoms with E-state index in [1.54, 1.807) is 23.2 Å². The zero-order valence-corrected chi connectivity index (χ0v) is 18.5. The fourth-order valence-corrected chi connectivity index (χ4v) is 3.68. The third kappa shape index (κ3) is 4.71. The lowest BCUT2D eigenvalue weighted by Crippen LogP contribution is -2.40. The van der Waals surface area contributed by atoms with E-state index in [0.29, 0.717) is 54.7 Å². The molecule has 1 aliphatic rings. The van der Waals surface area contributed by atoms with Gasteiger partial charge in [0.25, 0.3) is 0 Å². The molecule has 1 aliphatic heterocycles. The fourth-order valence-electron chi connectivity index (χ4n) is 3.68. The minimum absolute atomic E-state index is 0.0901. The van der Waals surface area contributed by atoms with Gasteiger partial charge >= 0.3 is 6.03 Å². The van der Waals surface area contributed by atoms with Crippen LogP contribution in [0, 0.1) is 5.82 Å². The number of hydrogen-bond acceptors (Lipinski definition) is 6. The van der Waals surface area contributed by atoms with Gasteiger partial charge in [0.15, 0.2) is 0 Å².